The van der Waals surface area contributed by atoms with E-state index in [-0.39, 0.29) is 24.4 Å². The number of hydrogen-bond donors (Lipinski definition) is 3. The molecular weight excluding hydrogens is 320 g/mol. The van der Waals surface area contributed by atoms with Gasteiger partial charge in [-0.05, 0) is 49.9 Å². The minimum absolute atomic E-state index is 0.124. The Labute approximate surface area is 147 Å². The summed E-state index contributed by atoms with van der Waals surface area (Å²) < 4.78 is 0. The number of carboxylic acid groups (broad SMARTS) is 1. The van der Waals surface area contributed by atoms with E-state index in [0.717, 1.165) is 32.1 Å². The lowest BCUT2D eigenvalue weighted by atomic mass is 9.74. The van der Waals surface area contributed by atoms with Gasteiger partial charge in [0, 0.05) is 23.7 Å². The molecule has 2 aliphatic rings. The van der Waals surface area contributed by atoms with Crippen molar-refractivity contribution in [3.8, 4) is 0 Å². The molecule has 0 aromatic heterocycles. The minimum atomic E-state index is -0.849. The molecule has 0 unspecified atom stereocenters. The van der Waals surface area contributed by atoms with Crippen molar-refractivity contribution in [2.45, 2.75) is 51.0 Å². The summed E-state index contributed by atoms with van der Waals surface area (Å²) >= 11 is 0. The SMILES string of the molecule is O=C(NCC1(C(=O)O)CCCCC1)c1ccc(C(=O)NC2CC2)cc1. The van der Waals surface area contributed by atoms with Crippen LogP contribution in [0.3, 0.4) is 0 Å². The molecule has 1 aromatic rings. The summed E-state index contributed by atoms with van der Waals surface area (Å²) in [4.78, 5) is 35.9. The summed E-state index contributed by atoms with van der Waals surface area (Å²) in [5.41, 5.74) is 0.106. The van der Waals surface area contributed by atoms with Crippen LogP contribution >= 0.6 is 0 Å². The van der Waals surface area contributed by atoms with E-state index in [4.69, 9.17) is 0 Å². The Bertz CT molecular complexity index is 659. The predicted octanol–water partition coefficient (Wildman–Crippen LogP) is 2.34. The van der Waals surface area contributed by atoms with Gasteiger partial charge in [-0.25, -0.2) is 0 Å². The van der Waals surface area contributed by atoms with Crippen LogP contribution in [0.15, 0.2) is 24.3 Å². The molecule has 6 heteroatoms. The molecule has 25 heavy (non-hydrogen) atoms. The number of nitrogens with one attached hydrogen (secondary N) is 2. The van der Waals surface area contributed by atoms with Gasteiger partial charge in [-0.3, -0.25) is 14.4 Å². The van der Waals surface area contributed by atoms with E-state index in [1.807, 2.05) is 0 Å². The maximum Gasteiger partial charge on any atom is 0.311 e. The highest BCUT2D eigenvalue weighted by atomic mass is 16.4. The largest absolute Gasteiger partial charge is 0.481 e. The molecule has 3 N–H and O–H groups in total. The second-order valence-electron chi connectivity index (χ2n) is 7.15. The van der Waals surface area contributed by atoms with Crippen molar-refractivity contribution in [1.29, 1.82) is 0 Å². The number of amides is 2. The van der Waals surface area contributed by atoms with E-state index in [1.54, 1.807) is 24.3 Å². The van der Waals surface area contributed by atoms with Gasteiger partial charge in [-0.2, -0.15) is 0 Å². The number of benzene rings is 1. The van der Waals surface area contributed by atoms with Gasteiger partial charge in [-0.1, -0.05) is 19.3 Å². The normalized spacial score (nSPS) is 19.0. The number of rotatable bonds is 6. The molecule has 0 saturated heterocycles. The first-order valence-corrected chi connectivity index (χ1v) is 8.93. The summed E-state index contributed by atoms with van der Waals surface area (Å²) in [7, 11) is 0. The molecule has 0 heterocycles. The van der Waals surface area contributed by atoms with Crippen molar-refractivity contribution < 1.29 is 19.5 Å². The van der Waals surface area contributed by atoms with Gasteiger partial charge in [0.05, 0.1) is 5.41 Å². The smallest absolute Gasteiger partial charge is 0.311 e. The molecular formula is C19H24N2O4. The van der Waals surface area contributed by atoms with Gasteiger partial charge in [-0.15, -0.1) is 0 Å². The van der Waals surface area contributed by atoms with E-state index < -0.39 is 11.4 Å². The molecule has 0 atom stereocenters. The molecule has 2 aliphatic carbocycles. The number of carbonyl (C=O) groups is 3. The Kier molecular flexibility index (Phi) is 5.06. The highest BCUT2D eigenvalue weighted by molar-refractivity contribution is 5.98. The lowest BCUT2D eigenvalue weighted by Crippen LogP contribution is -2.44. The molecule has 2 fully saturated rings. The van der Waals surface area contributed by atoms with Crippen LogP contribution in [0.25, 0.3) is 0 Å². The fraction of sp³-hybridized carbons (Fsp3) is 0.526. The summed E-state index contributed by atoms with van der Waals surface area (Å²) in [6, 6.07) is 6.75. The van der Waals surface area contributed by atoms with Crippen LogP contribution in [-0.4, -0.2) is 35.5 Å². The first-order chi connectivity index (χ1) is 12.0. The molecule has 6 nitrogen and oxygen atoms in total. The third kappa shape index (κ3) is 4.18. The Hall–Kier alpha value is -2.37. The molecule has 0 spiro atoms. The monoisotopic (exact) mass is 344 g/mol. The van der Waals surface area contributed by atoms with Crippen molar-refractivity contribution in [3.05, 3.63) is 35.4 Å². The van der Waals surface area contributed by atoms with Crippen molar-refractivity contribution in [1.82, 2.24) is 10.6 Å². The quantitative estimate of drug-likeness (QED) is 0.738. The van der Waals surface area contributed by atoms with Gasteiger partial charge in [0.1, 0.15) is 0 Å². The molecule has 2 saturated carbocycles. The third-order valence-electron chi connectivity index (χ3n) is 5.17. The lowest BCUT2D eigenvalue weighted by Gasteiger charge is -2.33. The van der Waals surface area contributed by atoms with E-state index in [1.165, 1.54) is 0 Å². The molecule has 1 aromatic carbocycles. The predicted molar refractivity (Wildman–Crippen MR) is 92.4 cm³/mol. The average Bonchev–Trinajstić information content (AvgIpc) is 3.44. The molecule has 0 aliphatic heterocycles. The highest BCUT2D eigenvalue weighted by Gasteiger charge is 2.39. The Balaban J connectivity index is 1.58. The van der Waals surface area contributed by atoms with Gasteiger partial charge in [0.15, 0.2) is 0 Å². The van der Waals surface area contributed by atoms with Crippen molar-refractivity contribution in [2.24, 2.45) is 5.41 Å². The molecule has 3 rings (SSSR count). The lowest BCUT2D eigenvalue weighted by molar-refractivity contribution is -0.150. The topological polar surface area (TPSA) is 95.5 Å². The van der Waals surface area contributed by atoms with Crippen LogP contribution < -0.4 is 10.6 Å². The van der Waals surface area contributed by atoms with E-state index >= 15 is 0 Å². The van der Waals surface area contributed by atoms with Crippen molar-refractivity contribution in [3.63, 3.8) is 0 Å². The zero-order valence-electron chi connectivity index (χ0n) is 14.2. The third-order valence-corrected chi connectivity index (χ3v) is 5.17. The van der Waals surface area contributed by atoms with Gasteiger partial charge in [0.25, 0.3) is 11.8 Å². The van der Waals surface area contributed by atoms with Gasteiger partial charge in [0.2, 0.25) is 0 Å². The summed E-state index contributed by atoms with van der Waals surface area (Å²) in [5, 5.41) is 15.2. The Morgan fingerprint density at radius 1 is 0.960 bits per heavy atom. The standard InChI is InChI=1S/C19H24N2O4/c22-16(20-12-19(18(24)25)10-2-1-3-11-19)13-4-6-14(7-5-13)17(23)21-15-8-9-15/h4-7,15H,1-3,8-12H2,(H,20,22)(H,21,23)(H,24,25). The van der Waals surface area contributed by atoms with Crippen LogP contribution in [0.4, 0.5) is 0 Å². The fourth-order valence-electron chi connectivity index (χ4n) is 3.32. The summed E-state index contributed by atoms with van der Waals surface area (Å²) in [6.07, 6.45) is 6.06. The zero-order chi connectivity index (χ0) is 17.9. The van der Waals surface area contributed by atoms with Crippen molar-refractivity contribution >= 4 is 17.8 Å². The van der Waals surface area contributed by atoms with Crippen LogP contribution in [0.1, 0.15) is 65.7 Å². The zero-order valence-corrected chi connectivity index (χ0v) is 14.2. The number of carbonyl (C=O) groups excluding carboxylic acids is 2. The average molecular weight is 344 g/mol. The van der Waals surface area contributed by atoms with Crippen LogP contribution in [0.5, 0.6) is 0 Å². The molecule has 134 valence electrons. The highest BCUT2D eigenvalue weighted by Crippen LogP contribution is 2.36. The van der Waals surface area contributed by atoms with E-state index in [2.05, 4.69) is 10.6 Å². The van der Waals surface area contributed by atoms with Gasteiger partial charge >= 0.3 is 5.97 Å². The van der Waals surface area contributed by atoms with E-state index in [0.29, 0.717) is 24.0 Å². The van der Waals surface area contributed by atoms with Gasteiger partial charge < -0.3 is 15.7 Å². The van der Waals surface area contributed by atoms with Crippen LogP contribution in [-0.2, 0) is 4.79 Å². The second-order valence-corrected chi connectivity index (χ2v) is 7.15. The summed E-state index contributed by atoms with van der Waals surface area (Å²) in [5.74, 6) is -1.26. The maximum atomic E-state index is 12.3. The molecule has 0 bridgehead atoms. The number of carboxylic acids is 1. The number of hydrogen-bond acceptors (Lipinski definition) is 3. The van der Waals surface area contributed by atoms with Crippen LogP contribution in [0.2, 0.25) is 0 Å². The van der Waals surface area contributed by atoms with Crippen LogP contribution in [0, 0.1) is 5.41 Å². The minimum Gasteiger partial charge on any atom is -0.481 e. The first kappa shape index (κ1) is 17.5. The molecule has 0 radical (unpaired) electrons. The van der Waals surface area contributed by atoms with Crippen molar-refractivity contribution in [2.75, 3.05) is 6.54 Å². The first-order valence-electron chi connectivity index (χ1n) is 8.93. The fourth-order valence-corrected chi connectivity index (χ4v) is 3.32. The second kappa shape index (κ2) is 7.25. The van der Waals surface area contributed by atoms with E-state index in [9.17, 15) is 19.5 Å². The Morgan fingerprint density at radius 3 is 2.04 bits per heavy atom. The summed E-state index contributed by atoms with van der Waals surface area (Å²) in [6.45, 7) is 0.144. The number of aliphatic carboxylic acids is 1. The maximum absolute atomic E-state index is 12.3. The Morgan fingerprint density at radius 2 is 1.52 bits per heavy atom. The molecule has 2 amide bonds.